The quantitative estimate of drug-likeness (QED) is 0.805. The van der Waals surface area contributed by atoms with E-state index in [0.717, 1.165) is 24.1 Å². The van der Waals surface area contributed by atoms with E-state index in [2.05, 4.69) is 11.4 Å². The number of aryl methyl sites for hydroxylation is 1. The Morgan fingerprint density at radius 3 is 2.29 bits per heavy atom. The van der Waals surface area contributed by atoms with Crippen LogP contribution >= 0.6 is 0 Å². The Kier molecular flexibility index (Phi) is 5.55. The van der Waals surface area contributed by atoms with E-state index in [-0.39, 0.29) is 0 Å². The molecule has 1 aromatic carbocycles. The molecule has 1 spiro atoms. The first-order valence-corrected chi connectivity index (χ1v) is 8.96. The van der Waals surface area contributed by atoms with Crippen LogP contribution in [0.4, 0.5) is 0 Å². The first-order valence-electron chi connectivity index (χ1n) is 8.96. The molecule has 2 aliphatic heterocycles. The fraction of sp³-hybridized carbons (Fsp3) is 0.550. The van der Waals surface area contributed by atoms with Crippen LogP contribution in [0.15, 0.2) is 30.5 Å². The molecule has 3 heterocycles. The van der Waals surface area contributed by atoms with E-state index in [1.54, 1.807) is 0 Å². The van der Waals surface area contributed by atoms with Crippen LogP contribution in [0.5, 0.6) is 0 Å². The molecule has 2 aromatic rings. The van der Waals surface area contributed by atoms with E-state index >= 15 is 0 Å². The van der Waals surface area contributed by atoms with Gasteiger partial charge in [0.15, 0.2) is 0 Å². The molecular weight excluding hydrogens is 298 g/mol. The van der Waals surface area contributed by atoms with Crippen molar-refractivity contribution in [3.8, 4) is 6.07 Å². The van der Waals surface area contributed by atoms with Crippen molar-refractivity contribution in [1.29, 1.82) is 5.26 Å². The summed E-state index contributed by atoms with van der Waals surface area (Å²) in [7, 11) is 1.98. The van der Waals surface area contributed by atoms with Crippen LogP contribution in [0.3, 0.4) is 0 Å². The highest BCUT2D eigenvalue weighted by Crippen LogP contribution is 2.52. The molecule has 0 bridgehead atoms. The van der Waals surface area contributed by atoms with Gasteiger partial charge in [0.2, 0.25) is 0 Å². The number of ether oxygens (including phenoxy) is 1. The summed E-state index contributed by atoms with van der Waals surface area (Å²) in [5, 5.41) is 13.2. The number of aromatic nitrogens is 1. The predicted molar refractivity (Wildman–Crippen MR) is 96.8 cm³/mol. The van der Waals surface area contributed by atoms with Crippen molar-refractivity contribution in [1.82, 2.24) is 9.88 Å². The molecule has 1 N–H and O–H groups in total. The maximum Gasteiger partial charge on any atom is 0.0992 e. The molecule has 1 aliphatic carbocycles. The zero-order chi connectivity index (χ0) is 16.8. The molecule has 0 amide bonds. The second-order valence-corrected chi connectivity index (χ2v) is 7.03. The van der Waals surface area contributed by atoms with Crippen molar-refractivity contribution in [2.45, 2.75) is 32.1 Å². The lowest BCUT2D eigenvalue weighted by atomic mass is 9.95. The molecule has 0 atom stereocenters. The van der Waals surface area contributed by atoms with Crippen molar-refractivity contribution < 1.29 is 4.74 Å². The third kappa shape index (κ3) is 4.37. The maximum absolute atomic E-state index is 8.67. The average Bonchev–Trinajstić information content (AvgIpc) is 3.20. The van der Waals surface area contributed by atoms with Gasteiger partial charge in [-0.15, -0.1) is 0 Å². The number of nitrogens with zero attached hydrogens (tertiary/aromatic N) is 2. The molecule has 0 unspecified atom stereocenters. The Labute approximate surface area is 144 Å². The van der Waals surface area contributed by atoms with Crippen molar-refractivity contribution >= 4 is 10.9 Å². The molecule has 5 rings (SSSR count). The molecular formula is C20H27N3O. The second kappa shape index (κ2) is 7.83. The summed E-state index contributed by atoms with van der Waals surface area (Å²) in [6, 6.07) is 9.86. The Hall–Kier alpha value is -1.83. The van der Waals surface area contributed by atoms with Gasteiger partial charge in [-0.1, -0.05) is 6.07 Å². The normalized spacial score (nSPS) is 20.0. The molecule has 1 aromatic heterocycles. The summed E-state index contributed by atoms with van der Waals surface area (Å²) in [6.07, 6.45) is 9.22. The summed E-state index contributed by atoms with van der Waals surface area (Å²) >= 11 is 0. The lowest BCUT2D eigenvalue weighted by molar-refractivity contribution is 0.0367. The molecule has 24 heavy (non-hydrogen) atoms. The second-order valence-electron chi connectivity index (χ2n) is 7.03. The fourth-order valence-electron chi connectivity index (χ4n) is 3.11. The molecule has 3 fully saturated rings. The lowest BCUT2D eigenvalue weighted by Crippen LogP contribution is -2.28. The van der Waals surface area contributed by atoms with Gasteiger partial charge in [-0.25, -0.2) is 0 Å². The van der Waals surface area contributed by atoms with Crippen LogP contribution in [0.1, 0.15) is 37.7 Å². The van der Waals surface area contributed by atoms with E-state index in [9.17, 15) is 0 Å². The third-order valence-corrected chi connectivity index (χ3v) is 5.22. The van der Waals surface area contributed by atoms with Crippen LogP contribution in [-0.4, -0.2) is 30.9 Å². The minimum Gasteiger partial charge on any atom is -0.381 e. The molecule has 3 aliphatic rings. The number of nitriles is 1. The van der Waals surface area contributed by atoms with Gasteiger partial charge in [-0.2, -0.15) is 5.26 Å². The smallest absolute Gasteiger partial charge is 0.0992 e. The highest BCUT2D eigenvalue weighted by molar-refractivity contribution is 5.81. The highest BCUT2D eigenvalue weighted by Gasteiger charge is 2.42. The van der Waals surface area contributed by atoms with Gasteiger partial charge >= 0.3 is 0 Å². The van der Waals surface area contributed by atoms with Gasteiger partial charge in [-0.3, -0.25) is 0 Å². The average molecular weight is 325 g/mol. The number of nitrogens with one attached hydrogen (secondary N) is 1. The van der Waals surface area contributed by atoms with E-state index < -0.39 is 0 Å². The van der Waals surface area contributed by atoms with E-state index in [4.69, 9.17) is 10.00 Å². The molecule has 4 heteroatoms. The maximum atomic E-state index is 8.67. The van der Waals surface area contributed by atoms with Crippen molar-refractivity contribution in [3.63, 3.8) is 0 Å². The summed E-state index contributed by atoms with van der Waals surface area (Å²) in [4.78, 5) is 0. The first-order chi connectivity index (χ1) is 11.7. The van der Waals surface area contributed by atoms with E-state index in [1.165, 1.54) is 50.6 Å². The number of benzene rings is 1. The van der Waals surface area contributed by atoms with Crippen molar-refractivity contribution in [3.05, 3.63) is 36.0 Å². The SMILES string of the molecule is C1CC2(CCN1)CC2.C1COC1.Cn1ccc2ccc(C#N)cc21. The first kappa shape index (κ1) is 17.0. The van der Waals surface area contributed by atoms with Gasteiger partial charge < -0.3 is 14.6 Å². The fourth-order valence-corrected chi connectivity index (χ4v) is 3.11. The lowest BCUT2D eigenvalue weighted by Gasteiger charge is -2.20. The molecule has 0 radical (unpaired) electrons. The van der Waals surface area contributed by atoms with Gasteiger partial charge in [0, 0.05) is 32.0 Å². The number of piperidine rings is 1. The summed E-state index contributed by atoms with van der Waals surface area (Å²) in [5.41, 5.74) is 2.68. The van der Waals surface area contributed by atoms with Gasteiger partial charge in [-0.05, 0) is 74.2 Å². The highest BCUT2D eigenvalue weighted by atomic mass is 16.5. The standard InChI is InChI=1S/C10H8N2.C7H13N.C3H6O/c1-12-5-4-9-3-2-8(7-11)6-10(9)12;1-2-7(1)3-5-8-6-4-7;1-2-4-3-1/h2-6H,1H3;8H,1-6H2;1-3H2. The van der Waals surface area contributed by atoms with Crippen LogP contribution < -0.4 is 5.32 Å². The van der Waals surface area contributed by atoms with Crippen LogP contribution in [0.25, 0.3) is 10.9 Å². The van der Waals surface area contributed by atoms with Crippen LogP contribution in [0.2, 0.25) is 0 Å². The van der Waals surface area contributed by atoms with Gasteiger partial charge in [0.25, 0.3) is 0 Å². The summed E-state index contributed by atoms with van der Waals surface area (Å²) < 4.78 is 6.73. The number of hydrogen-bond acceptors (Lipinski definition) is 3. The Morgan fingerprint density at radius 1 is 1.12 bits per heavy atom. The zero-order valence-corrected chi connectivity index (χ0v) is 14.6. The minimum atomic E-state index is 0.712. The molecule has 1 saturated carbocycles. The summed E-state index contributed by atoms with van der Waals surface area (Å²) in [5.74, 6) is 0. The monoisotopic (exact) mass is 325 g/mol. The topological polar surface area (TPSA) is 50.0 Å². The van der Waals surface area contributed by atoms with Gasteiger partial charge in [0.05, 0.1) is 11.6 Å². The molecule has 4 nitrogen and oxygen atoms in total. The van der Waals surface area contributed by atoms with Crippen LogP contribution in [-0.2, 0) is 11.8 Å². The number of fused-ring (bicyclic) bond motifs is 1. The summed E-state index contributed by atoms with van der Waals surface area (Å²) in [6.45, 7) is 4.56. The number of rotatable bonds is 0. The Balaban J connectivity index is 0.000000120. The Morgan fingerprint density at radius 2 is 1.79 bits per heavy atom. The minimum absolute atomic E-state index is 0.712. The predicted octanol–water partition coefficient (Wildman–Crippen LogP) is 3.61. The largest absolute Gasteiger partial charge is 0.381 e. The van der Waals surface area contributed by atoms with Crippen molar-refractivity contribution in [2.24, 2.45) is 12.5 Å². The number of hydrogen-bond donors (Lipinski definition) is 1. The van der Waals surface area contributed by atoms with Gasteiger partial charge in [0.1, 0.15) is 0 Å². The van der Waals surface area contributed by atoms with E-state index in [0.29, 0.717) is 5.56 Å². The van der Waals surface area contributed by atoms with Crippen molar-refractivity contribution in [2.75, 3.05) is 26.3 Å². The zero-order valence-electron chi connectivity index (χ0n) is 14.6. The Bertz CT molecular complexity index is 693. The van der Waals surface area contributed by atoms with Crippen LogP contribution in [0, 0.1) is 16.7 Å². The molecule has 2 saturated heterocycles. The molecule has 128 valence electrons. The van der Waals surface area contributed by atoms with E-state index in [1.807, 2.05) is 42.1 Å². The third-order valence-electron chi connectivity index (χ3n) is 5.22.